The maximum atomic E-state index is 12.1. The van der Waals surface area contributed by atoms with Crippen LogP contribution in [0.2, 0.25) is 0 Å². The molecule has 5 heteroatoms. The number of anilines is 1. The van der Waals surface area contributed by atoms with Crippen LogP contribution in [0, 0.1) is 0 Å². The van der Waals surface area contributed by atoms with Crippen LogP contribution in [0.4, 0.5) is 5.69 Å². The standard InChI is InChI=1S/C13H19N3O2/c1-15-5-7-16(8-6-15)12(17)9-10-3-2-4-11(14)13(10)18/h2-4,18H,5-9,14H2,1H3. The molecule has 5 nitrogen and oxygen atoms in total. The summed E-state index contributed by atoms with van der Waals surface area (Å²) in [5.41, 5.74) is 6.53. The minimum absolute atomic E-state index is 0.0278. The van der Waals surface area contributed by atoms with Crippen molar-refractivity contribution >= 4 is 11.6 Å². The molecule has 3 N–H and O–H groups in total. The van der Waals surface area contributed by atoms with E-state index in [9.17, 15) is 9.90 Å². The summed E-state index contributed by atoms with van der Waals surface area (Å²) in [6.07, 6.45) is 0.209. The summed E-state index contributed by atoms with van der Waals surface area (Å²) in [7, 11) is 2.05. The van der Waals surface area contributed by atoms with Crippen LogP contribution in [0.1, 0.15) is 5.56 Å². The van der Waals surface area contributed by atoms with Crippen LogP contribution < -0.4 is 5.73 Å². The lowest BCUT2D eigenvalue weighted by Crippen LogP contribution is -2.47. The van der Waals surface area contributed by atoms with Gasteiger partial charge in [0.25, 0.3) is 0 Å². The number of nitrogens with two attached hydrogens (primary N) is 1. The maximum absolute atomic E-state index is 12.1. The van der Waals surface area contributed by atoms with Gasteiger partial charge < -0.3 is 20.6 Å². The lowest BCUT2D eigenvalue weighted by Gasteiger charge is -2.32. The largest absolute Gasteiger partial charge is 0.505 e. The first-order valence-corrected chi connectivity index (χ1v) is 6.10. The number of carbonyl (C=O) groups excluding carboxylic acids is 1. The summed E-state index contributed by atoms with van der Waals surface area (Å²) in [6, 6.07) is 5.11. The number of piperazine rings is 1. The quantitative estimate of drug-likeness (QED) is 0.584. The molecule has 1 aliphatic heterocycles. The van der Waals surface area contributed by atoms with Crippen LogP contribution in [0.15, 0.2) is 18.2 Å². The van der Waals surface area contributed by atoms with Gasteiger partial charge in [-0.15, -0.1) is 0 Å². The first-order valence-electron chi connectivity index (χ1n) is 6.10. The van der Waals surface area contributed by atoms with Crippen molar-refractivity contribution in [2.24, 2.45) is 0 Å². The Kier molecular flexibility index (Phi) is 3.72. The van der Waals surface area contributed by atoms with Gasteiger partial charge in [-0.1, -0.05) is 12.1 Å². The monoisotopic (exact) mass is 249 g/mol. The highest BCUT2D eigenvalue weighted by molar-refractivity contribution is 5.80. The number of phenolic OH excluding ortho intramolecular Hbond substituents is 1. The zero-order valence-corrected chi connectivity index (χ0v) is 10.6. The number of hydrogen-bond donors (Lipinski definition) is 2. The zero-order valence-electron chi connectivity index (χ0n) is 10.6. The van der Waals surface area contributed by atoms with E-state index in [2.05, 4.69) is 4.90 Å². The smallest absolute Gasteiger partial charge is 0.227 e. The molecule has 1 saturated heterocycles. The second kappa shape index (κ2) is 5.27. The number of carbonyl (C=O) groups is 1. The molecule has 1 aliphatic rings. The number of rotatable bonds is 2. The van der Waals surface area contributed by atoms with Gasteiger partial charge in [-0.3, -0.25) is 4.79 Å². The predicted octanol–water partition coefficient (Wildman–Crippen LogP) is 0.291. The number of likely N-dealkylation sites (N-methyl/N-ethyl adjacent to an activating group) is 1. The minimum atomic E-state index is 0.0278. The van der Waals surface area contributed by atoms with Crippen LogP contribution in [-0.2, 0) is 11.2 Å². The lowest BCUT2D eigenvalue weighted by molar-refractivity contribution is -0.132. The van der Waals surface area contributed by atoms with Crippen molar-refractivity contribution in [3.05, 3.63) is 23.8 Å². The van der Waals surface area contributed by atoms with Gasteiger partial charge in [-0.25, -0.2) is 0 Å². The summed E-state index contributed by atoms with van der Waals surface area (Å²) in [5.74, 6) is 0.0731. The van der Waals surface area contributed by atoms with Crippen molar-refractivity contribution in [1.82, 2.24) is 9.80 Å². The first kappa shape index (κ1) is 12.7. The van der Waals surface area contributed by atoms with E-state index in [0.29, 0.717) is 11.3 Å². The van der Waals surface area contributed by atoms with Crippen molar-refractivity contribution in [3.8, 4) is 5.75 Å². The highest BCUT2D eigenvalue weighted by Crippen LogP contribution is 2.25. The highest BCUT2D eigenvalue weighted by Gasteiger charge is 2.20. The van der Waals surface area contributed by atoms with Gasteiger partial charge in [0.1, 0.15) is 5.75 Å². The molecule has 0 atom stereocenters. The predicted molar refractivity (Wildman–Crippen MR) is 70.3 cm³/mol. The van der Waals surface area contributed by atoms with Crippen LogP contribution in [0.5, 0.6) is 5.75 Å². The Bertz CT molecular complexity index is 440. The second-order valence-electron chi connectivity index (χ2n) is 4.72. The minimum Gasteiger partial charge on any atom is -0.505 e. The number of amides is 1. The number of para-hydroxylation sites is 1. The topological polar surface area (TPSA) is 69.8 Å². The van der Waals surface area contributed by atoms with Crippen LogP contribution in [-0.4, -0.2) is 54.0 Å². The SMILES string of the molecule is CN1CCN(C(=O)Cc2cccc(N)c2O)CC1. The van der Waals surface area contributed by atoms with Gasteiger partial charge in [-0.05, 0) is 13.1 Å². The molecule has 0 saturated carbocycles. The Balaban J connectivity index is 2.01. The fourth-order valence-corrected chi connectivity index (χ4v) is 2.08. The summed E-state index contributed by atoms with van der Waals surface area (Å²) in [4.78, 5) is 16.1. The van der Waals surface area contributed by atoms with Crippen LogP contribution in [0.3, 0.4) is 0 Å². The number of nitrogens with zero attached hydrogens (tertiary/aromatic N) is 2. The second-order valence-corrected chi connectivity index (χ2v) is 4.72. The summed E-state index contributed by atoms with van der Waals surface area (Å²) >= 11 is 0. The van der Waals surface area contributed by atoms with Crippen LogP contribution >= 0.6 is 0 Å². The summed E-state index contributed by atoms with van der Waals surface area (Å²) in [5, 5.41) is 9.78. The molecule has 0 aliphatic carbocycles. The Morgan fingerprint density at radius 1 is 1.33 bits per heavy atom. The molecule has 98 valence electrons. The summed E-state index contributed by atoms with van der Waals surface area (Å²) < 4.78 is 0. The van der Waals surface area contributed by atoms with E-state index in [1.54, 1.807) is 18.2 Å². The fraction of sp³-hybridized carbons (Fsp3) is 0.462. The molecule has 0 bridgehead atoms. The van der Waals surface area contributed by atoms with Crippen molar-refractivity contribution in [1.29, 1.82) is 0 Å². The molecule has 1 aromatic carbocycles. The van der Waals surface area contributed by atoms with E-state index in [1.165, 1.54) is 0 Å². The molecule has 2 rings (SSSR count). The van der Waals surface area contributed by atoms with E-state index in [1.807, 2.05) is 11.9 Å². The summed E-state index contributed by atoms with van der Waals surface area (Å²) in [6.45, 7) is 3.29. The average Bonchev–Trinajstić information content (AvgIpc) is 2.36. The molecule has 1 aromatic rings. The number of phenols is 1. The number of benzene rings is 1. The third kappa shape index (κ3) is 2.73. The van der Waals surface area contributed by atoms with Crippen LogP contribution in [0.25, 0.3) is 0 Å². The Hall–Kier alpha value is -1.75. The molecule has 18 heavy (non-hydrogen) atoms. The first-order chi connectivity index (χ1) is 8.58. The third-order valence-corrected chi connectivity index (χ3v) is 3.35. The molecule has 0 unspecified atom stereocenters. The van der Waals surface area contributed by atoms with E-state index >= 15 is 0 Å². The van der Waals surface area contributed by atoms with Gasteiger partial charge in [-0.2, -0.15) is 0 Å². The molecule has 1 fully saturated rings. The van der Waals surface area contributed by atoms with Crippen molar-refractivity contribution < 1.29 is 9.90 Å². The molecule has 0 aromatic heterocycles. The Morgan fingerprint density at radius 3 is 2.67 bits per heavy atom. The van der Waals surface area contributed by atoms with Gasteiger partial charge in [0.15, 0.2) is 0 Å². The molecule has 1 heterocycles. The van der Waals surface area contributed by atoms with Crippen molar-refractivity contribution in [2.75, 3.05) is 39.0 Å². The molecule has 0 spiro atoms. The number of hydrogen-bond acceptors (Lipinski definition) is 4. The zero-order chi connectivity index (χ0) is 13.1. The fourth-order valence-electron chi connectivity index (χ4n) is 2.08. The van der Waals surface area contributed by atoms with Crippen molar-refractivity contribution in [3.63, 3.8) is 0 Å². The molecular formula is C13H19N3O2. The van der Waals surface area contributed by atoms with Gasteiger partial charge in [0, 0.05) is 31.7 Å². The van der Waals surface area contributed by atoms with Gasteiger partial charge in [0.2, 0.25) is 5.91 Å². The van der Waals surface area contributed by atoms with E-state index in [-0.39, 0.29) is 18.1 Å². The Morgan fingerprint density at radius 2 is 2.00 bits per heavy atom. The van der Waals surface area contributed by atoms with E-state index in [0.717, 1.165) is 26.2 Å². The normalized spacial score (nSPS) is 16.8. The van der Waals surface area contributed by atoms with E-state index < -0.39 is 0 Å². The lowest BCUT2D eigenvalue weighted by atomic mass is 10.1. The highest BCUT2D eigenvalue weighted by atomic mass is 16.3. The van der Waals surface area contributed by atoms with Gasteiger partial charge >= 0.3 is 0 Å². The van der Waals surface area contributed by atoms with Gasteiger partial charge in [0.05, 0.1) is 12.1 Å². The maximum Gasteiger partial charge on any atom is 0.227 e. The Labute approximate surface area is 107 Å². The third-order valence-electron chi connectivity index (χ3n) is 3.35. The average molecular weight is 249 g/mol. The molecule has 1 amide bonds. The molecule has 0 radical (unpaired) electrons. The van der Waals surface area contributed by atoms with E-state index in [4.69, 9.17) is 5.73 Å². The molecular weight excluding hydrogens is 230 g/mol. The van der Waals surface area contributed by atoms with Crippen molar-refractivity contribution in [2.45, 2.75) is 6.42 Å². The number of nitrogen functional groups attached to an aromatic ring is 1. The number of aromatic hydroxyl groups is 1.